The van der Waals surface area contributed by atoms with Crippen molar-refractivity contribution in [2.45, 2.75) is 25.3 Å². The second kappa shape index (κ2) is 5.77. The number of nitrogens with two attached hydrogens (primary N) is 1. The van der Waals surface area contributed by atoms with Crippen molar-refractivity contribution in [3.63, 3.8) is 0 Å². The molecule has 0 radical (unpaired) electrons. The first-order chi connectivity index (χ1) is 8.59. The van der Waals surface area contributed by atoms with Gasteiger partial charge in [0, 0.05) is 18.4 Å². The fourth-order valence-corrected chi connectivity index (χ4v) is 4.35. The van der Waals surface area contributed by atoms with Crippen LogP contribution >= 0.6 is 0 Å². The molecule has 3 N–H and O–H groups in total. The molecule has 5 nitrogen and oxygen atoms in total. The van der Waals surface area contributed by atoms with E-state index in [1.165, 1.54) is 0 Å². The van der Waals surface area contributed by atoms with E-state index in [-0.39, 0.29) is 12.0 Å². The van der Waals surface area contributed by atoms with Gasteiger partial charge in [-0.1, -0.05) is 6.07 Å². The molecule has 0 aromatic carbocycles. The Morgan fingerprint density at radius 1 is 1.56 bits per heavy atom. The monoisotopic (exact) mass is 269 g/mol. The molecule has 0 bridgehead atoms. The van der Waals surface area contributed by atoms with Gasteiger partial charge in [0.05, 0.1) is 11.5 Å². The van der Waals surface area contributed by atoms with E-state index in [1.807, 2.05) is 18.3 Å². The second-order valence-electron chi connectivity index (χ2n) is 4.93. The molecule has 18 heavy (non-hydrogen) atoms. The highest BCUT2D eigenvalue weighted by Crippen LogP contribution is 2.23. The number of nitrogens with one attached hydrogen (secondary N) is 1. The molecule has 1 aromatic heterocycles. The Morgan fingerprint density at radius 3 is 2.94 bits per heavy atom. The maximum Gasteiger partial charge on any atom is 0.150 e. The fourth-order valence-electron chi connectivity index (χ4n) is 2.47. The molecule has 1 fully saturated rings. The summed E-state index contributed by atoms with van der Waals surface area (Å²) < 4.78 is 22.8. The standard InChI is InChI=1S/C12H19N3O2S/c13-15-12(6-10-2-1-4-14-8-10)7-11-3-5-18(16,17)9-11/h1-2,4,8,11-12,15H,3,5-7,9,13H2. The van der Waals surface area contributed by atoms with Gasteiger partial charge in [-0.2, -0.15) is 0 Å². The molecule has 1 aliphatic rings. The first kappa shape index (κ1) is 13.5. The Kier molecular flexibility index (Phi) is 4.31. The largest absolute Gasteiger partial charge is 0.271 e. The Hall–Kier alpha value is -0.980. The quantitative estimate of drug-likeness (QED) is 0.592. The molecular formula is C12H19N3O2S. The zero-order chi connectivity index (χ0) is 13.0. The summed E-state index contributed by atoms with van der Waals surface area (Å²) in [6.07, 6.45) is 5.88. The summed E-state index contributed by atoms with van der Waals surface area (Å²) in [6.45, 7) is 0. The number of aromatic nitrogens is 1. The van der Waals surface area contributed by atoms with E-state index in [0.717, 1.165) is 24.8 Å². The molecule has 100 valence electrons. The SMILES string of the molecule is NNC(Cc1cccnc1)CC1CCS(=O)(=O)C1. The van der Waals surface area contributed by atoms with Crippen molar-refractivity contribution in [3.05, 3.63) is 30.1 Å². The van der Waals surface area contributed by atoms with E-state index in [1.54, 1.807) is 6.20 Å². The van der Waals surface area contributed by atoms with Gasteiger partial charge < -0.3 is 0 Å². The van der Waals surface area contributed by atoms with Gasteiger partial charge >= 0.3 is 0 Å². The molecule has 0 amide bonds. The molecule has 2 heterocycles. The van der Waals surface area contributed by atoms with E-state index >= 15 is 0 Å². The minimum Gasteiger partial charge on any atom is -0.271 e. The maximum absolute atomic E-state index is 11.4. The first-order valence-electron chi connectivity index (χ1n) is 6.14. The number of hydrogen-bond acceptors (Lipinski definition) is 5. The lowest BCUT2D eigenvalue weighted by atomic mass is 9.95. The molecule has 2 atom stereocenters. The summed E-state index contributed by atoms with van der Waals surface area (Å²) in [5, 5.41) is 0. The third-order valence-electron chi connectivity index (χ3n) is 3.39. The molecule has 1 aliphatic heterocycles. The summed E-state index contributed by atoms with van der Waals surface area (Å²) >= 11 is 0. The van der Waals surface area contributed by atoms with Gasteiger partial charge in [0.25, 0.3) is 0 Å². The minimum absolute atomic E-state index is 0.104. The van der Waals surface area contributed by atoms with Crippen LogP contribution in [0.25, 0.3) is 0 Å². The van der Waals surface area contributed by atoms with E-state index in [9.17, 15) is 8.42 Å². The predicted molar refractivity (Wildman–Crippen MR) is 70.4 cm³/mol. The van der Waals surface area contributed by atoms with Crippen molar-refractivity contribution in [2.24, 2.45) is 11.8 Å². The third-order valence-corrected chi connectivity index (χ3v) is 5.22. The third kappa shape index (κ3) is 3.76. The molecular weight excluding hydrogens is 250 g/mol. The van der Waals surface area contributed by atoms with Crippen molar-refractivity contribution in [2.75, 3.05) is 11.5 Å². The highest BCUT2D eigenvalue weighted by Gasteiger charge is 2.29. The first-order valence-corrected chi connectivity index (χ1v) is 7.96. The van der Waals surface area contributed by atoms with Crippen LogP contribution in [0, 0.1) is 5.92 Å². The van der Waals surface area contributed by atoms with Crippen molar-refractivity contribution in [1.29, 1.82) is 0 Å². The van der Waals surface area contributed by atoms with Gasteiger partial charge in [0.2, 0.25) is 0 Å². The predicted octanol–water partition coefficient (Wildman–Crippen LogP) is 0.281. The average Bonchev–Trinajstić information content (AvgIpc) is 2.69. The molecule has 2 rings (SSSR count). The van der Waals surface area contributed by atoms with Gasteiger partial charge in [-0.05, 0) is 36.8 Å². The van der Waals surface area contributed by atoms with Gasteiger partial charge in [-0.3, -0.25) is 16.3 Å². The van der Waals surface area contributed by atoms with Crippen LogP contribution in [0.15, 0.2) is 24.5 Å². The number of hydrazine groups is 1. The highest BCUT2D eigenvalue weighted by molar-refractivity contribution is 7.91. The fraction of sp³-hybridized carbons (Fsp3) is 0.583. The number of sulfone groups is 1. The van der Waals surface area contributed by atoms with Crippen LogP contribution < -0.4 is 11.3 Å². The van der Waals surface area contributed by atoms with Gasteiger partial charge in [-0.25, -0.2) is 8.42 Å². The summed E-state index contributed by atoms with van der Waals surface area (Å²) in [5.74, 6) is 6.40. The average molecular weight is 269 g/mol. The van der Waals surface area contributed by atoms with E-state index in [4.69, 9.17) is 5.84 Å². The lowest BCUT2D eigenvalue weighted by Gasteiger charge is -2.18. The van der Waals surface area contributed by atoms with Crippen molar-refractivity contribution >= 4 is 9.84 Å². The Bertz CT molecular complexity index is 475. The molecule has 0 spiro atoms. The molecule has 6 heteroatoms. The van der Waals surface area contributed by atoms with Crippen LogP contribution in [-0.2, 0) is 16.3 Å². The number of nitrogens with zero attached hydrogens (tertiary/aromatic N) is 1. The summed E-state index contributed by atoms with van der Waals surface area (Å²) in [6, 6.07) is 4.00. The lowest BCUT2D eigenvalue weighted by molar-refractivity contribution is 0.408. The molecule has 0 aliphatic carbocycles. The Balaban J connectivity index is 1.90. The van der Waals surface area contributed by atoms with Crippen LogP contribution in [-0.4, -0.2) is 30.9 Å². The van der Waals surface area contributed by atoms with Gasteiger partial charge in [-0.15, -0.1) is 0 Å². The van der Waals surface area contributed by atoms with Crippen molar-refractivity contribution < 1.29 is 8.42 Å². The Labute approximate surface area is 108 Å². The lowest BCUT2D eigenvalue weighted by Crippen LogP contribution is -2.38. The van der Waals surface area contributed by atoms with Crippen molar-refractivity contribution in [1.82, 2.24) is 10.4 Å². The van der Waals surface area contributed by atoms with E-state index in [0.29, 0.717) is 11.5 Å². The zero-order valence-corrected chi connectivity index (χ0v) is 11.1. The van der Waals surface area contributed by atoms with Gasteiger partial charge in [0.15, 0.2) is 9.84 Å². The van der Waals surface area contributed by atoms with Gasteiger partial charge in [0.1, 0.15) is 0 Å². The van der Waals surface area contributed by atoms with Crippen LogP contribution in [0.2, 0.25) is 0 Å². The van der Waals surface area contributed by atoms with E-state index < -0.39 is 9.84 Å². The maximum atomic E-state index is 11.4. The van der Waals surface area contributed by atoms with E-state index in [2.05, 4.69) is 10.4 Å². The molecule has 1 saturated heterocycles. The van der Waals surface area contributed by atoms with Crippen LogP contribution in [0.3, 0.4) is 0 Å². The highest BCUT2D eigenvalue weighted by atomic mass is 32.2. The molecule has 0 saturated carbocycles. The molecule has 1 aromatic rings. The zero-order valence-electron chi connectivity index (χ0n) is 10.2. The summed E-state index contributed by atoms with van der Waals surface area (Å²) in [5.41, 5.74) is 3.89. The van der Waals surface area contributed by atoms with Crippen molar-refractivity contribution in [3.8, 4) is 0 Å². The molecule has 2 unspecified atom stereocenters. The van der Waals surface area contributed by atoms with Crippen LogP contribution in [0.4, 0.5) is 0 Å². The summed E-state index contributed by atoms with van der Waals surface area (Å²) in [7, 11) is -2.80. The minimum atomic E-state index is -2.80. The second-order valence-corrected chi connectivity index (χ2v) is 7.16. The number of rotatable bonds is 5. The van der Waals surface area contributed by atoms with Crippen LogP contribution in [0.1, 0.15) is 18.4 Å². The van der Waals surface area contributed by atoms with Crippen LogP contribution in [0.5, 0.6) is 0 Å². The topological polar surface area (TPSA) is 85.1 Å². The smallest absolute Gasteiger partial charge is 0.150 e. The number of pyridine rings is 1. The number of hydrogen-bond donors (Lipinski definition) is 2. The Morgan fingerprint density at radius 2 is 2.39 bits per heavy atom. The summed E-state index contributed by atoms with van der Waals surface area (Å²) in [4.78, 5) is 4.06. The normalized spacial score (nSPS) is 23.9.